The van der Waals surface area contributed by atoms with Gasteiger partial charge in [-0.25, -0.2) is 0 Å². The minimum atomic E-state index is 0.149. The molecule has 1 saturated carbocycles. The monoisotopic (exact) mass is 277 g/mol. The molecule has 0 bridgehead atoms. The minimum Gasteiger partial charge on any atom is -0.493 e. The Morgan fingerprint density at radius 3 is 2.60 bits per heavy atom. The molecule has 1 aliphatic carbocycles. The van der Waals surface area contributed by atoms with E-state index in [1.165, 1.54) is 24.8 Å². The maximum atomic E-state index is 6.25. The quantitative estimate of drug-likeness (QED) is 0.895. The summed E-state index contributed by atoms with van der Waals surface area (Å²) in [6, 6.07) is 6.59. The van der Waals surface area contributed by atoms with Crippen molar-refractivity contribution in [3.63, 3.8) is 0 Å². The first-order chi connectivity index (χ1) is 9.60. The van der Waals surface area contributed by atoms with E-state index in [1.807, 2.05) is 19.9 Å². The Labute approximate surface area is 122 Å². The Kier molecular flexibility index (Phi) is 5.30. The molecule has 1 aliphatic rings. The van der Waals surface area contributed by atoms with Crippen LogP contribution in [0.15, 0.2) is 18.2 Å². The van der Waals surface area contributed by atoms with Crippen molar-refractivity contribution < 1.29 is 9.47 Å². The lowest BCUT2D eigenvalue weighted by atomic mass is 9.81. The van der Waals surface area contributed by atoms with Crippen molar-refractivity contribution >= 4 is 0 Å². The molecular weight excluding hydrogens is 250 g/mol. The van der Waals surface area contributed by atoms with E-state index in [-0.39, 0.29) is 6.10 Å². The molecule has 0 saturated heterocycles. The Bertz CT molecular complexity index is 431. The van der Waals surface area contributed by atoms with Gasteiger partial charge < -0.3 is 15.2 Å². The zero-order chi connectivity index (χ0) is 14.5. The highest BCUT2D eigenvalue weighted by atomic mass is 16.5. The molecule has 0 spiro atoms. The van der Waals surface area contributed by atoms with Gasteiger partial charge in [-0.2, -0.15) is 0 Å². The van der Waals surface area contributed by atoms with Gasteiger partial charge >= 0.3 is 0 Å². The molecule has 2 unspecified atom stereocenters. The van der Waals surface area contributed by atoms with Crippen LogP contribution < -0.4 is 15.2 Å². The summed E-state index contributed by atoms with van der Waals surface area (Å²) in [4.78, 5) is 0. The van der Waals surface area contributed by atoms with Crippen molar-refractivity contribution in [1.82, 2.24) is 0 Å². The predicted octanol–water partition coefficient (Wildman–Crippen LogP) is 3.54. The van der Waals surface area contributed by atoms with Crippen molar-refractivity contribution in [3.05, 3.63) is 23.8 Å². The Hall–Kier alpha value is -1.22. The van der Waals surface area contributed by atoms with E-state index in [4.69, 9.17) is 15.2 Å². The fourth-order valence-corrected chi connectivity index (χ4v) is 2.99. The third kappa shape index (κ3) is 3.89. The largest absolute Gasteiger partial charge is 0.493 e. The molecule has 0 aliphatic heterocycles. The topological polar surface area (TPSA) is 44.5 Å². The van der Waals surface area contributed by atoms with Crippen LogP contribution in [0.3, 0.4) is 0 Å². The standard InChI is InChI=1S/C17H27NO2/c1-12(2)20-17-11-13(8-9-16(17)19-3)10-14-6-4-5-7-15(14)18/h8-9,11-12,14-15H,4-7,10,18H2,1-3H3. The molecule has 1 aromatic rings. The van der Waals surface area contributed by atoms with Crippen LogP contribution in [-0.4, -0.2) is 19.3 Å². The zero-order valence-corrected chi connectivity index (χ0v) is 12.9. The van der Waals surface area contributed by atoms with Crippen molar-refractivity contribution in [2.45, 2.75) is 58.1 Å². The molecule has 0 heterocycles. The van der Waals surface area contributed by atoms with Gasteiger partial charge in [-0.1, -0.05) is 18.9 Å². The van der Waals surface area contributed by atoms with Gasteiger partial charge in [0.15, 0.2) is 11.5 Å². The lowest BCUT2D eigenvalue weighted by molar-refractivity contribution is 0.229. The van der Waals surface area contributed by atoms with Crippen molar-refractivity contribution in [2.24, 2.45) is 11.7 Å². The molecule has 3 heteroatoms. The minimum absolute atomic E-state index is 0.149. The fourth-order valence-electron chi connectivity index (χ4n) is 2.99. The molecule has 20 heavy (non-hydrogen) atoms. The van der Waals surface area contributed by atoms with Gasteiger partial charge in [-0.3, -0.25) is 0 Å². The SMILES string of the molecule is COc1ccc(CC2CCCCC2N)cc1OC(C)C. The van der Waals surface area contributed by atoms with E-state index in [9.17, 15) is 0 Å². The van der Waals surface area contributed by atoms with Gasteiger partial charge in [0.1, 0.15) is 0 Å². The highest BCUT2D eigenvalue weighted by Crippen LogP contribution is 2.32. The molecule has 2 atom stereocenters. The summed E-state index contributed by atoms with van der Waals surface area (Å²) >= 11 is 0. The third-order valence-corrected chi connectivity index (χ3v) is 4.06. The summed E-state index contributed by atoms with van der Waals surface area (Å²) < 4.78 is 11.2. The predicted molar refractivity (Wildman–Crippen MR) is 82.4 cm³/mol. The summed E-state index contributed by atoms with van der Waals surface area (Å²) in [5.74, 6) is 2.24. The lowest BCUT2D eigenvalue weighted by Crippen LogP contribution is -2.34. The zero-order valence-electron chi connectivity index (χ0n) is 12.9. The molecule has 112 valence electrons. The van der Waals surface area contributed by atoms with Crippen LogP contribution in [0.25, 0.3) is 0 Å². The number of benzene rings is 1. The molecule has 0 aromatic heterocycles. The van der Waals surface area contributed by atoms with E-state index in [0.717, 1.165) is 24.3 Å². The van der Waals surface area contributed by atoms with Gasteiger partial charge in [-0.05, 0) is 56.7 Å². The van der Waals surface area contributed by atoms with E-state index in [2.05, 4.69) is 12.1 Å². The fraction of sp³-hybridized carbons (Fsp3) is 0.647. The Morgan fingerprint density at radius 2 is 1.95 bits per heavy atom. The first-order valence-corrected chi connectivity index (χ1v) is 7.69. The molecular formula is C17H27NO2. The van der Waals surface area contributed by atoms with Crippen LogP contribution in [0.2, 0.25) is 0 Å². The Morgan fingerprint density at radius 1 is 1.20 bits per heavy atom. The van der Waals surface area contributed by atoms with Gasteiger partial charge in [0, 0.05) is 6.04 Å². The third-order valence-electron chi connectivity index (χ3n) is 4.06. The first-order valence-electron chi connectivity index (χ1n) is 7.69. The second kappa shape index (κ2) is 6.98. The number of hydrogen-bond donors (Lipinski definition) is 1. The molecule has 2 N–H and O–H groups in total. The lowest BCUT2D eigenvalue weighted by Gasteiger charge is -2.28. The summed E-state index contributed by atoms with van der Waals surface area (Å²) in [6.45, 7) is 4.06. The summed E-state index contributed by atoms with van der Waals surface area (Å²) in [5.41, 5.74) is 7.54. The molecule has 1 fully saturated rings. The average Bonchev–Trinajstić information content (AvgIpc) is 2.41. The summed E-state index contributed by atoms with van der Waals surface area (Å²) in [7, 11) is 1.68. The average molecular weight is 277 g/mol. The number of nitrogens with two attached hydrogens (primary N) is 1. The maximum absolute atomic E-state index is 6.25. The van der Waals surface area contributed by atoms with E-state index >= 15 is 0 Å². The Balaban J connectivity index is 2.11. The molecule has 1 aromatic carbocycles. The number of methoxy groups -OCH3 is 1. The highest BCUT2D eigenvalue weighted by molar-refractivity contribution is 5.43. The summed E-state index contributed by atoms with van der Waals surface area (Å²) in [5, 5.41) is 0. The number of ether oxygens (including phenoxy) is 2. The van der Waals surface area contributed by atoms with E-state index < -0.39 is 0 Å². The number of hydrogen-bond acceptors (Lipinski definition) is 3. The van der Waals surface area contributed by atoms with E-state index in [0.29, 0.717) is 12.0 Å². The van der Waals surface area contributed by atoms with Gasteiger partial charge in [0.2, 0.25) is 0 Å². The summed E-state index contributed by atoms with van der Waals surface area (Å²) in [6.07, 6.45) is 6.19. The van der Waals surface area contributed by atoms with Gasteiger partial charge in [0.05, 0.1) is 13.2 Å². The molecule has 0 amide bonds. The van der Waals surface area contributed by atoms with Crippen LogP contribution in [0.5, 0.6) is 11.5 Å². The molecule has 3 nitrogen and oxygen atoms in total. The molecule has 2 rings (SSSR count). The normalized spacial score (nSPS) is 22.9. The first kappa shape index (κ1) is 15.2. The van der Waals surface area contributed by atoms with Crippen LogP contribution in [0.4, 0.5) is 0 Å². The van der Waals surface area contributed by atoms with Crippen molar-refractivity contribution in [1.29, 1.82) is 0 Å². The maximum Gasteiger partial charge on any atom is 0.161 e. The van der Waals surface area contributed by atoms with Crippen molar-refractivity contribution in [2.75, 3.05) is 7.11 Å². The van der Waals surface area contributed by atoms with Crippen LogP contribution in [0.1, 0.15) is 45.1 Å². The van der Waals surface area contributed by atoms with Gasteiger partial charge in [-0.15, -0.1) is 0 Å². The highest BCUT2D eigenvalue weighted by Gasteiger charge is 2.22. The van der Waals surface area contributed by atoms with E-state index in [1.54, 1.807) is 7.11 Å². The van der Waals surface area contributed by atoms with Crippen LogP contribution in [-0.2, 0) is 6.42 Å². The van der Waals surface area contributed by atoms with Crippen LogP contribution in [0, 0.1) is 5.92 Å². The smallest absolute Gasteiger partial charge is 0.161 e. The molecule has 0 radical (unpaired) electrons. The second-order valence-electron chi connectivity index (χ2n) is 6.06. The van der Waals surface area contributed by atoms with Crippen LogP contribution >= 0.6 is 0 Å². The van der Waals surface area contributed by atoms with Gasteiger partial charge in [0.25, 0.3) is 0 Å². The van der Waals surface area contributed by atoms with Crippen molar-refractivity contribution in [3.8, 4) is 11.5 Å². The second-order valence-corrected chi connectivity index (χ2v) is 6.06. The number of rotatable bonds is 5.